The molecule has 3 rings (SSSR count). The van der Waals surface area contributed by atoms with Gasteiger partial charge >= 0.3 is 0 Å². The number of nitrogens with zero attached hydrogens (tertiary/aromatic N) is 2. The van der Waals surface area contributed by atoms with Crippen molar-refractivity contribution in [1.82, 2.24) is 15.0 Å². The molecule has 20 heavy (non-hydrogen) atoms. The molecule has 2 N–H and O–H groups in total. The van der Waals surface area contributed by atoms with Crippen LogP contribution in [-0.4, -0.2) is 21.5 Å². The summed E-state index contributed by atoms with van der Waals surface area (Å²) < 4.78 is 0. The van der Waals surface area contributed by atoms with Crippen molar-refractivity contribution >= 4 is 16.7 Å². The van der Waals surface area contributed by atoms with Crippen molar-refractivity contribution in [3.63, 3.8) is 0 Å². The van der Waals surface area contributed by atoms with Crippen LogP contribution < -0.4 is 5.32 Å². The number of aromatic amines is 1. The van der Waals surface area contributed by atoms with Crippen LogP contribution in [0.15, 0.2) is 42.7 Å². The van der Waals surface area contributed by atoms with Crippen molar-refractivity contribution in [3.8, 4) is 0 Å². The molecule has 2 aromatic heterocycles. The van der Waals surface area contributed by atoms with E-state index < -0.39 is 0 Å². The van der Waals surface area contributed by atoms with Crippen molar-refractivity contribution in [2.24, 2.45) is 0 Å². The molecule has 102 valence electrons. The fraction of sp³-hybridized carbons (Fsp3) is 0.250. The lowest BCUT2D eigenvalue weighted by molar-refractivity contribution is 0.814. The van der Waals surface area contributed by atoms with Crippen LogP contribution in [0.25, 0.3) is 10.9 Å². The highest BCUT2D eigenvalue weighted by Gasteiger charge is 2.02. The second-order valence-corrected chi connectivity index (χ2v) is 4.91. The Morgan fingerprint density at radius 2 is 2.15 bits per heavy atom. The number of hydrogen-bond donors (Lipinski definition) is 2. The van der Waals surface area contributed by atoms with E-state index in [1.807, 2.05) is 24.4 Å². The molecule has 0 fully saturated rings. The summed E-state index contributed by atoms with van der Waals surface area (Å²) in [5, 5.41) is 4.60. The van der Waals surface area contributed by atoms with Crippen LogP contribution >= 0.6 is 0 Å². The predicted molar refractivity (Wildman–Crippen MR) is 81.9 cm³/mol. The summed E-state index contributed by atoms with van der Waals surface area (Å²) in [6.07, 6.45) is 5.63. The number of pyridine rings is 1. The van der Waals surface area contributed by atoms with E-state index in [0.29, 0.717) is 0 Å². The quantitative estimate of drug-likeness (QED) is 0.697. The summed E-state index contributed by atoms with van der Waals surface area (Å²) >= 11 is 0. The zero-order chi connectivity index (χ0) is 13.8. The lowest BCUT2D eigenvalue weighted by atomic mass is 10.1. The largest absolute Gasteiger partial charge is 0.370 e. The number of H-pyrrole nitrogens is 1. The molecule has 3 aromatic rings. The van der Waals surface area contributed by atoms with E-state index in [0.717, 1.165) is 36.5 Å². The van der Waals surface area contributed by atoms with Gasteiger partial charge in [-0.3, -0.25) is 0 Å². The van der Waals surface area contributed by atoms with Gasteiger partial charge < -0.3 is 10.3 Å². The molecular weight excluding hydrogens is 248 g/mol. The summed E-state index contributed by atoms with van der Waals surface area (Å²) in [5.41, 5.74) is 2.22. The lowest BCUT2D eigenvalue weighted by Gasteiger charge is -2.09. The summed E-state index contributed by atoms with van der Waals surface area (Å²) in [6.45, 7) is 2.99. The lowest BCUT2D eigenvalue weighted by Crippen LogP contribution is -2.06. The Morgan fingerprint density at radius 3 is 3.00 bits per heavy atom. The molecule has 0 spiro atoms. The average molecular weight is 266 g/mol. The Hall–Kier alpha value is -2.36. The molecule has 0 radical (unpaired) electrons. The van der Waals surface area contributed by atoms with E-state index in [-0.39, 0.29) is 0 Å². The van der Waals surface area contributed by atoms with E-state index in [1.165, 1.54) is 10.9 Å². The Balaban J connectivity index is 1.63. The molecule has 4 nitrogen and oxygen atoms in total. The van der Waals surface area contributed by atoms with Crippen molar-refractivity contribution in [1.29, 1.82) is 0 Å². The van der Waals surface area contributed by atoms with Crippen molar-refractivity contribution < 1.29 is 0 Å². The fourth-order valence-electron chi connectivity index (χ4n) is 2.30. The van der Waals surface area contributed by atoms with E-state index in [2.05, 4.69) is 39.3 Å². The van der Waals surface area contributed by atoms with Gasteiger partial charge in [0.25, 0.3) is 0 Å². The van der Waals surface area contributed by atoms with Crippen molar-refractivity contribution in [3.05, 3.63) is 54.1 Å². The Kier molecular flexibility index (Phi) is 3.63. The molecule has 0 amide bonds. The first-order valence-corrected chi connectivity index (χ1v) is 6.91. The summed E-state index contributed by atoms with van der Waals surface area (Å²) in [7, 11) is 0. The van der Waals surface area contributed by atoms with Crippen LogP contribution in [0.2, 0.25) is 0 Å². The maximum absolute atomic E-state index is 4.67. The second kappa shape index (κ2) is 5.74. The third kappa shape index (κ3) is 2.79. The van der Waals surface area contributed by atoms with Gasteiger partial charge in [0, 0.05) is 30.7 Å². The molecule has 2 heterocycles. The smallest absolute Gasteiger partial charge is 0.129 e. The van der Waals surface area contributed by atoms with Crippen molar-refractivity contribution in [2.75, 3.05) is 11.9 Å². The first-order chi connectivity index (χ1) is 9.83. The summed E-state index contributed by atoms with van der Waals surface area (Å²) in [4.78, 5) is 12.0. The number of anilines is 1. The molecule has 0 bridgehead atoms. The van der Waals surface area contributed by atoms with Crippen LogP contribution in [0.1, 0.15) is 17.8 Å². The Bertz CT molecular complexity index is 689. The summed E-state index contributed by atoms with van der Waals surface area (Å²) in [6, 6.07) is 10.4. The van der Waals surface area contributed by atoms with Crippen LogP contribution in [0.4, 0.5) is 5.82 Å². The fourth-order valence-corrected chi connectivity index (χ4v) is 2.30. The first kappa shape index (κ1) is 12.7. The van der Waals surface area contributed by atoms with Gasteiger partial charge in [0.1, 0.15) is 11.6 Å². The molecule has 4 heteroatoms. The molecule has 0 aliphatic carbocycles. The third-order valence-corrected chi connectivity index (χ3v) is 3.35. The molecule has 0 aliphatic heterocycles. The maximum atomic E-state index is 4.67. The number of hydrogen-bond acceptors (Lipinski definition) is 3. The molecular formula is C16H18N4. The van der Waals surface area contributed by atoms with Crippen LogP contribution in [0, 0.1) is 6.92 Å². The van der Waals surface area contributed by atoms with Crippen LogP contribution in [0.5, 0.6) is 0 Å². The predicted octanol–water partition coefficient (Wildman–Crippen LogP) is 3.31. The number of rotatable bonds is 5. The van der Waals surface area contributed by atoms with Gasteiger partial charge in [0.05, 0.1) is 5.52 Å². The number of imidazole rings is 1. The molecule has 1 aromatic carbocycles. The highest BCUT2D eigenvalue weighted by atomic mass is 15.0. The Morgan fingerprint density at radius 1 is 1.25 bits per heavy atom. The van der Waals surface area contributed by atoms with E-state index in [4.69, 9.17) is 0 Å². The van der Waals surface area contributed by atoms with E-state index in [1.54, 1.807) is 6.20 Å². The Labute approximate surface area is 118 Å². The minimum Gasteiger partial charge on any atom is -0.370 e. The van der Waals surface area contributed by atoms with E-state index in [9.17, 15) is 0 Å². The normalized spacial score (nSPS) is 10.8. The monoisotopic (exact) mass is 266 g/mol. The minimum absolute atomic E-state index is 0.896. The van der Waals surface area contributed by atoms with Gasteiger partial charge in [-0.1, -0.05) is 18.2 Å². The first-order valence-electron chi connectivity index (χ1n) is 6.91. The molecule has 0 aliphatic rings. The number of aromatic nitrogens is 3. The highest BCUT2D eigenvalue weighted by Crippen LogP contribution is 2.19. The number of fused-ring (bicyclic) bond motifs is 1. The van der Waals surface area contributed by atoms with Gasteiger partial charge in [-0.05, 0) is 31.0 Å². The highest BCUT2D eigenvalue weighted by molar-refractivity contribution is 5.81. The molecule has 0 saturated carbocycles. The maximum Gasteiger partial charge on any atom is 0.129 e. The topological polar surface area (TPSA) is 53.6 Å². The van der Waals surface area contributed by atoms with Gasteiger partial charge in [-0.15, -0.1) is 0 Å². The third-order valence-electron chi connectivity index (χ3n) is 3.35. The average Bonchev–Trinajstić information content (AvgIpc) is 2.97. The van der Waals surface area contributed by atoms with Gasteiger partial charge in [0.2, 0.25) is 0 Å². The SMILES string of the molecule is Cc1cc2ccccc2nc1NCCCc1ncc[nH]1. The number of benzene rings is 1. The van der Waals surface area contributed by atoms with Gasteiger partial charge in [0.15, 0.2) is 0 Å². The molecule has 0 saturated heterocycles. The number of nitrogens with one attached hydrogen (secondary N) is 2. The molecule has 0 unspecified atom stereocenters. The summed E-state index contributed by atoms with van der Waals surface area (Å²) in [5.74, 6) is 2.01. The van der Waals surface area contributed by atoms with Gasteiger partial charge in [-0.25, -0.2) is 9.97 Å². The zero-order valence-corrected chi connectivity index (χ0v) is 11.6. The zero-order valence-electron chi connectivity index (χ0n) is 11.6. The van der Waals surface area contributed by atoms with Crippen molar-refractivity contribution in [2.45, 2.75) is 19.8 Å². The van der Waals surface area contributed by atoms with Crippen LogP contribution in [0.3, 0.4) is 0 Å². The minimum atomic E-state index is 0.896. The van der Waals surface area contributed by atoms with Crippen LogP contribution in [-0.2, 0) is 6.42 Å². The molecule has 0 atom stereocenters. The second-order valence-electron chi connectivity index (χ2n) is 4.91. The van der Waals surface area contributed by atoms with E-state index >= 15 is 0 Å². The van der Waals surface area contributed by atoms with Gasteiger partial charge in [-0.2, -0.15) is 0 Å². The number of aryl methyl sites for hydroxylation is 2. The standard InChI is InChI=1S/C16H18N4/c1-12-11-13-5-2-3-6-14(13)20-16(12)19-8-4-7-15-17-9-10-18-15/h2-3,5-6,9-11H,4,7-8H2,1H3,(H,17,18)(H,19,20). The number of para-hydroxylation sites is 1.